The fourth-order valence-electron chi connectivity index (χ4n) is 3.87. The van der Waals surface area contributed by atoms with Gasteiger partial charge in [0.2, 0.25) is 17.6 Å². The Balaban J connectivity index is 1.81. The number of nitrogens with one attached hydrogen (secondary N) is 2. The molecule has 0 saturated carbocycles. The second-order valence-electron chi connectivity index (χ2n) is 7.01. The minimum absolute atomic E-state index is 0.104. The fraction of sp³-hybridized carbons (Fsp3) is 0.450. The molecule has 1 unspecified atom stereocenters. The van der Waals surface area contributed by atoms with Gasteiger partial charge < -0.3 is 29.2 Å². The maximum absolute atomic E-state index is 13.1. The van der Waals surface area contributed by atoms with Gasteiger partial charge in [-0.2, -0.15) is 4.98 Å². The third kappa shape index (κ3) is 3.54. The van der Waals surface area contributed by atoms with Crippen LogP contribution in [0, 0.1) is 0 Å². The van der Waals surface area contributed by atoms with E-state index < -0.39 is 5.92 Å². The molecular formula is C20H24N4O6. The molecule has 160 valence electrons. The number of ether oxygens (including phenoxy) is 4. The van der Waals surface area contributed by atoms with Gasteiger partial charge >= 0.3 is 0 Å². The van der Waals surface area contributed by atoms with E-state index >= 15 is 0 Å². The summed E-state index contributed by atoms with van der Waals surface area (Å²) in [6, 6.07) is 3.51. The lowest BCUT2D eigenvalue weighted by Gasteiger charge is -2.30. The van der Waals surface area contributed by atoms with Crippen molar-refractivity contribution in [1.29, 1.82) is 0 Å². The summed E-state index contributed by atoms with van der Waals surface area (Å²) >= 11 is 0. The molecular weight excluding hydrogens is 392 g/mol. The number of nitrogens with zero attached hydrogens (tertiary/aromatic N) is 2. The topological polar surface area (TPSA) is 115 Å². The number of anilines is 2. The number of morpholine rings is 1. The van der Waals surface area contributed by atoms with Crippen LogP contribution >= 0.6 is 0 Å². The van der Waals surface area contributed by atoms with Crippen LogP contribution in [0.1, 0.15) is 23.5 Å². The van der Waals surface area contributed by atoms with Gasteiger partial charge in [-0.05, 0) is 17.7 Å². The minimum atomic E-state index is -0.502. The Hall–Kier alpha value is -3.27. The van der Waals surface area contributed by atoms with E-state index in [1.165, 1.54) is 21.3 Å². The van der Waals surface area contributed by atoms with Crippen molar-refractivity contribution in [1.82, 2.24) is 9.97 Å². The van der Waals surface area contributed by atoms with Crippen LogP contribution in [-0.2, 0) is 9.53 Å². The Labute approximate surface area is 173 Å². The lowest BCUT2D eigenvalue weighted by molar-refractivity contribution is -0.116. The minimum Gasteiger partial charge on any atom is -0.493 e. The third-order valence-corrected chi connectivity index (χ3v) is 5.34. The molecule has 1 saturated heterocycles. The number of amides is 1. The first-order valence-corrected chi connectivity index (χ1v) is 9.62. The van der Waals surface area contributed by atoms with Gasteiger partial charge in [-0.1, -0.05) is 0 Å². The number of hydrogen-bond donors (Lipinski definition) is 2. The molecule has 0 bridgehead atoms. The summed E-state index contributed by atoms with van der Waals surface area (Å²) in [6.45, 7) is 2.35. The van der Waals surface area contributed by atoms with Crippen molar-refractivity contribution in [3.63, 3.8) is 0 Å². The predicted molar refractivity (Wildman–Crippen MR) is 109 cm³/mol. The molecule has 1 aromatic carbocycles. The van der Waals surface area contributed by atoms with Crippen LogP contribution in [0.4, 0.5) is 11.8 Å². The highest BCUT2D eigenvalue weighted by Crippen LogP contribution is 2.43. The van der Waals surface area contributed by atoms with E-state index in [4.69, 9.17) is 18.9 Å². The first kappa shape index (κ1) is 20.0. The first-order chi connectivity index (χ1) is 14.5. The highest BCUT2D eigenvalue weighted by atomic mass is 16.5. The molecule has 4 rings (SSSR count). The molecule has 2 aromatic rings. The Morgan fingerprint density at radius 3 is 2.33 bits per heavy atom. The summed E-state index contributed by atoms with van der Waals surface area (Å²) in [7, 11) is 4.56. The summed E-state index contributed by atoms with van der Waals surface area (Å²) in [5.41, 5.74) is 0.813. The number of hydrogen-bond acceptors (Lipinski definition) is 8. The van der Waals surface area contributed by atoms with Crippen LogP contribution in [0.5, 0.6) is 17.2 Å². The first-order valence-electron chi connectivity index (χ1n) is 9.62. The maximum atomic E-state index is 13.1. The molecule has 3 heterocycles. The summed E-state index contributed by atoms with van der Waals surface area (Å²) < 4.78 is 21.6. The summed E-state index contributed by atoms with van der Waals surface area (Å²) in [5, 5.41) is 2.74. The number of carbonyl (C=O) groups is 1. The summed E-state index contributed by atoms with van der Waals surface area (Å²) in [4.78, 5) is 34.8. The largest absolute Gasteiger partial charge is 0.493 e. The molecule has 1 amide bonds. The van der Waals surface area contributed by atoms with Gasteiger partial charge in [0.05, 0.1) is 40.1 Å². The van der Waals surface area contributed by atoms with Crippen LogP contribution in [0.2, 0.25) is 0 Å². The zero-order valence-electron chi connectivity index (χ0n) is 17.1. The highest BCUT2D eigenvalue weighted by Gasteiger charge is 2.33. The molecule has 30 heavy (non-hydrogen) atoms. The van der Waals surface area contributed by atoms with Crippen molar-refractivity contribution in [3.05, 3.63) is 33.6 Å². The van der Waals surface area contributed by atoms with Gasteiger partial charge in [0.1, 0.15) is 5.82 Å². The van der Waals surface area contributed by atoms with E-state index in [0.717, 1.165) is 0 Å². The SMILES string of the molecule is COc1cc(C2CC(=O)Nc3nc(N4CCOCC4)[nH]c(=O)c32)cc(OC)c1OC. The third-order valence-electron chi connectivity index (χ3n) is 5.34. The average molecular weight is 416 g/mol. The van der Waals surface area contributed by atoms with Crippen LogP contribution in [-0.4, -0.2) is 63.5 Å². The van der Waals surface area contributed by atoms with E-state index in [1.807, 2.05) is 4.90 Å². The second-order valence-corrected chi connectivity index (χ2v) is 7.01. The van der Waals surface area contributed by atoms with Crippen molar-refractivity contribution in [2.24, 2.45) is 0 Å². The van der Waals surface area contributed by atoms with Gasteiger partial charge in [-0.3, -0.25) is 14.6 Å². The molecule has 2 N–H and O–H groups in total. The van der Waals surface area contributed by atoms with Crippen LogP contribution < -0.4 is 30.0 Å². The normalized spacial score (nSPS) is 18.4. The Morgan fingerprint density at radius 2 is 1.73 bits per heavy atom. The van der Waals surface area contributed by atoms with Crippen molar-refractivity contribution < 1.29 is 23.7 Å². The quantitative estimate of drug-likeness (QED) is 0.745. The molecule has 0 spiro atoms. The number of rotatable bonds is 5. The molecule has 10 heteroatoms. The van der Waals surface area contributed by atoms with Gasteiger partial charge in [-0.15, -0.1) is 0 Å². The number of carbonyl (C=O) groups excluding carboxylic acids is 1. The molecule has 1 atom stereocenters. The molecule has 1 aromatic heterocycles. The van der Waals surface area contributed by atoms with Gasteiger partial charge in [0, 0.05) is 25.4 Å². The number of fused-ring (bicyclic) bond motifs is 1. The molecule has 10 nitrogen and oxygen atoms in total. The summed E-state index contributed by atoms with van der Waals surface area (Å²) in [5.74, 6) is 1.33. The molecule has 1 fully saturated rings. The van der Waals surface area contributed by atoms with Gasteiger partial charge in [0.25, 0.3) is 5.56 Å². The van der Waals surface area contributed by atoms with E-state index in [1.54, 1.807) is 12.1 Å². The molecule has 2 aliphatic heterocycles. The lowest BCUT2D eigenvalue weighted by atomic mass is 9.86. The number of aromatic nitrogens is 2. The van der Waals surface area contributed by atoms with E-state index in [-0.39, 0.29) is 23.7 Å². The van der Waals surface area contributed by atoms with E-state index in [9.17, 15) is 9.59 Å². The fourth-order valence-corrected chi connectivity index (χ4v) is 3.87. The van der Waals surface area contributed by atoms with Gasteiger partial charge in [0.15, 0.2) is 11.5 Å². The predicted octanol–water partition coefficient (Wildman–Crippen LogP) is 1.11. The molecule has 0 aliphatic carbocycles. The zero-order valence-corrected chi connectivity index (χ0v) is 17.1. The Morgan fingerprint density at radius 1 is 1.07 bits per heavy atom. The number of benzene rings is 1. The van der Waals surface area contributed by atoms with Crippen molar-refractivity contribution in [2.45, 2.75) is 12.3 Å². The van der Waals surface area contributed by atoms with Crippen LogP contribution in [0.15, 0.2) is 16.9 Å². The van der Waals surface area contributed by atoms with Gasteiger partial charge in [-0.25, -0.2) is 0 Å². The van der Waals surface area contributed by atoms with Crippen molar-refractivity contribution in [3.8, 4) is 17.2 Å². The van der Waals surface area contributed by atoms with E-state index in [2.05, 4.69) is 15.3 Å². The maximum Gasteiger partial charge on any atom is 0.258 e. The van der Waals surface area contributed by atoms with Crippen molar-refractivity contribution >= 4 is 17.7 Å². The Kier molecular flexibility index (Phi) is 5.49. The number of aromatic amines is 1. The number of H-pyrrole nitrogens is 1. The average Bonchev–Trinajstić information content (AvgIpc) is 2.77. The number of methoxy groups -OCH3 is 3. The van der Waals surface area contributed by atoms with Crippen molar-refractivity contribution in [2.75, 3.05) is 57.8 Å². The lowest BCUT2D eigenvalue weighted by Crippen LogP contribution is -2.40. The zero-order chi connectivity index (χ0) is 21.3. The smallest absolute Gasteiger partial charge is 0.258 e. The molecule has 2 aliphatic rings. The highest BCUT2D eigenvalue weighted by molar-refractivity contribution is 5.94. The monoisotopic (exact) mass is 416 g/mol. The van der Waals surface area contributed by atoms with Crippen LogP contribution in [0.3, 0.4) is 0 Å². The van der Waals surface area contributed by atoms with E-state index in [0.29, 0.717) is 60.6 Å². The second kappa shape index (κ2) is 8.23. The molecule has 0 radical (unpaired) electrons. The summed E-state index contributed by atoms with van der Waals surface area (Å²) in [6.07, 6.45) is 0.104. The Bertz CT molecular complexity index is 990. The standard InChI is InChI=1S/C20H24N4O6/c1-27-13-8-11(9-14(28-2)17(13)29-3)12-10-15(25)21-18-16(12)19(26)23-20(22-18)24-4-6-30-7-5-24/h8-9,12H,4-7,10H2,1-3H3,(H2,21,22,23,25,26). The van der Waals surface area contributed by atoms with Crippen LogP contribution in [0.25, 0.3) is 0 Å².